The van der Waals surface area contributed by atoms with Crippen LogP contribution in [-0.4, -0.2) is 59.9 Å². The number of likely N-dealkylation sites (tertiary alicyclic amines) is 1. The number of amides is 2. The summed E-state index contributed by atoms with van der Waals surface area (Å²) in [5.74, 6) is 2.25. The zero-order chi connectivity index (χ0) is 19.8. The zero-order valence-corrected chi connectivity index (χ0v) is 17.3. The van der Waals surface area contributed by atoms with E-state index in [2.05, 4.69) is 15.1 Å². The summed E-state index contributed by atoms with van der Waals surface area (Å²) in [6.07, 6.45) is 8.19. The third-order valence-corrected chi connectivity index (χ3v) is 7.82. The van der Waals surface area contributed by atoms with Crippen molar-refractivity contribution in [2.24, 2.45) is 17.8 Å². The molecule has 0 aromatic heterocycles. The fraction of sp³-hybridized carbons (Fsp3) is 0.667. The van der Waals surface area contributed by atoms with Crippen LogP contribution in [0.4, 0.5) is 0 Å². The molecule has 1 aromatic carbocycles. The van der Waals surface area contributed by atoms with E-state index in [0.717, 1.165) is 31.8 Å². The first-order chi connectivity index (χ1) is 14.2. The second kappa shape index (κ2) is 8.10. The highest BCUT2D eigenvalue weighted by Gasteiger charge is 2.49. The fourth-order valence-corrected chi connectivity index (χ4v) is 6.21. The quantitative estimate of drug-likeness (QED) is 0.834. The largest absolute Gasteiger partial charge is 0.350 e. The van der Waals surface area contributed by atoms with Gasteiger partial charge in [0.2, 0.25) is 5.91 Å². The minimum absolute atomic E-state index is 0.0316. The lowest BCUT2D eigenvalue weighted by Gasteiger charge is -2.57. The van der Waals surface area contributed by atoms with Crippen LogP contribution in [-0.2, 0) is 4.79 Å². The van der Waals surface area contributed by atoms with Gasteiger partial charge in [0.1, 0.15) is 0 Å². The maximum atomic E-state index is 12.9. The van der Waals surface area contributed by atoms with E-state index in [-0.39, 0.29) is 11.9 Å². The molecule has 4 aliphatic rings. The van der Waals surface area contributed by atoms with Gasteiger partial charge >= 0.3 is 0 Å². The Hall–Kier alpha value is -1.88. The first-order valence-electron chi connectivity index (χ1n) is 11.6. The molecule has 1 saturated carbocycles. The highest BCUT2D eigenvalue weighted by molar-refractivity contribution is 5.94. The normalized spacial score (nSPS) is 32.4. The lowest BCUT2D eigenvalue weighted by atomic mass is 9.71. The maximum absolute atomic E-state index is 12.9. The second-order valence-electron chi connectivity index (χ2n) is 9.68. The summed E-state index contributed by atoms with van der Waals surface area (Å²) < 4.78 is 0. The van der Waals surface area contributed by atoms with Gasteiger partial charge in [-0.3, -0.25) is 9.59 Å². The predicted molar refractivity (Wildman–Crippen MR) is 112 cm³/mol. The Labute approximate surface area is 173 Å². The van der Waals surface area contributed by atoms with Crippen molar-refractivity contribution in [3.05, 3.63) is 35.9 Å². The molecule has 0 radical (unpaired) electrons. The van der Waals surface area contributed by atoms with Crippen molar-refractivity contribution in [1.82, 2.24) is 15.1 Å². The Bertz CT molecular complexity index is 748. The molecule has 5 nitrogen and oxygen atoms in total. The number of nitrogens with zero attached hydrogens (tertiary/aromatic N) is 2. The number of hydrogen-bond acceptors (Lipinski definition) is 3. The van der Waals surface area contributed by atoms with Crippen LogP contribution in [0.1, 0.15) is 55.3 Å². The average molecular weight is 396 g/mol. The maximum Gasteiger partial charge on any atom is 0.251 e. The monoisotopic (exact) mass is 395 g/mol. The average Bonchev–Trinajstić information content (AvgIpc) is 2.71. The third-order valence-electron chi connectivity index (χ3n) is 7.82. The number of hydrogen-bond donors (Lipinski definition) is 1. The molecule has 0 unspecified atom stereocenters. The minimum atomic E-state index is -0.0316. The Morgan fingerprint density at radius 1 is 1.03 bits per heavy atom. The van der Waals surface area contributed by atoms with Gasteiger partial charge in [0.15, 0.2) is 0 Å². The van der Waals surface area contributed by atoms with Gasteiger partial charge in [-0.25, -0.2) is 0 Å². The van der Waals surface area contributed by atoms with Crippen LogP contribution in [0.3, 0.4) is 0 Å². The molecule has 4 atom stereocenters. The highest BCUT2D eigenvalue weighted by Crippen LogP contribution is 2.42. The Morgan fingerprint density at radius 2 is 1.83 bits per heavy atom. The van der Waals surface area contributed by atoms with Gasteiger partial charge in [-0.2, -0.15) is 0 Å². The first kappa shape index (κ1) is 19.1. The molecular weight excluding hydrogens is 362 g/mol. The van der Waals surface area contributed by atoms with Crippen molar-refractivity contribution in [3.63, 3.8) is 0 Å². The molecule has 156 valence electrons. The summed E-state index contributed by atoms with van der Waals surface area (Å²) in [6, 6.07) is 9.92. The molecule has 3 aliphatic heterocycles. The SMILES string of the molecule is O=C(NC[C@H]1[C@H]2C[C@H](CN(CC3CCC3)C2)[C@@H]2CCCC(=O)N21)c1ccccc1. The number of carbonyl (C=O) groups excluding carboxylic acids is 2. The second-order valence-corrected chi connectivity index (χ2v) is 9.68. The van der Waals surface area contributed by atoms with Gasteiger partial charge < -0.3 is 15.1 Å². The summed E-state index contributed by atoms with van der Waals surface area (Å²) in [6.45, 7) is 4.04. The molecule has 1 aliphatic carbocycles. The van der Waals surface area contributed by atoms with Gasteiger partial charge in [0, 0.05) is 44.2 Å². The van der Waals surface area contributed by atoms with Crippen LogP contribution < -0.4 is 5.32 Å². The third kappa shape index (κ3) is 3.81. The Kier molecular flexibility index (Phi) is 5.33. The summed E-state index contributed by atoms with van der Waals surface area (Å²) >= 11 is 0. The van der Waals surface area contributed by atoms with Gasteiger partial charge in [-0.05, 0) is 62.0 Å². The van der Waals surface area contributed by atoms with Crippen LogP contribution >= 0.6 is 0 Å². The summed E-state index contributed by atoms with van der Waals surface area (Å²) in [4.78, 5) is 30.4. The standard InChI is InChI=1S/C24H33N3O2/c28-23-11-5-10-21-19-12-20(16-26(15-19)14-17-6-4-7-17)22(27(21)23)13-25-24(29)18-8-2-1-3-9-18/h1-3,8-9,17,19-22H,4-7,10-16H2,(H,25,29)/t19-,20+,21+,22+/m1/s1. The molecular formula is C24H33N3O2. The number of nitrogens with one attached hydrogen (secondary N) is 1. The van der Waals surface area contributed by atoms with E-state index in [1.807, 2.05) is 30.3 Å². The highest BCUT2D eigenvalue weighted by atomic mass is 16.2. The van der Waals surface area contributed by atoms with Gasteiger partial charge in [-0.15, -0.1) is 0 Å². The smallest absolute Gasteiger partial charge is 0.251 e. The molecule has 1 N–H and O–H groups in total. The number of rotatable bonds is 5. The fourth-order valence-electron chi connectivity index (χ4n) is 6.21. The van der Waals surface area contributed by atoms with Crippen molar-refractivity contribution in [3.8, 4) is 0 Å². The summed E-state index contributed by atoms with van der Waals surface area (Å²) in [7, 11) is 0. The number of carbonyl (C=O) groups is 2. The summed E-state index contributed by atoms with van der Waals surface area (Å²) in [5.41, 5.74) is 0.693. The number of benzene rings is 1. The lowest BCUT2D eigenvalue weighted by molar-refractivity contribution is -0.152. The van der Waals surface area contributed by atoms with E-state index in [9.17, 15) is 9.59 Å². The van der Waals surface area contributed by atoms with E-state index in [4.69, 9.17) is 0 Å². The Morgan fingerprint density at radius 3 is 2.59 bits per heavy atom. The van der Waals surface area contributed by atoms with Crippen molar-refractivity contribution >= 4 is 11.8 Å². The minimum Gasteiger partial charge on any atom is -0.350 e. The molecule has 1 aromatic rings. The molecule has 29 heavy (non-hydrogen) atoms. The molecule has 3 heterocycles. The topological polar surface area (TPSA) is 52.7 Å². The number of piperidine rings is 3. The molecule has 5 rings (SSSR count). The summed E-state index contributed by atoms with van der Waals surface area (Å²) in [5, 5.41) is 3.15. The molecule has 3 saturated heterocycles. The van der Waals surface area contributed by atoms with Crippen LogP contribution in [0.15, 0.2) is 30.3 Å². The van der Waals surface area contributed by atoms with Crippen LogP contribution in [0.5, 0.6) is 0 Å². The number of fused-ring (bicyclic) bond motifs is 4. The van der Waals surface area contributed by atoms with Gasteiger partial charge in [-0.1, -0.05) is 24.6 Å². The van der Waals surface area contributed by atoms with E-state index in [1.165, 1.54) is 32.2 Å². The van der Waals surface area contributed by atoms with Crippen molar-refractivity contribution in [1.29, 1.82) is 0 Å². The van der Waals surface area contributed by atoms with Crippen molar-refractivity contribution in [2.75, 3.05) is 26.2 Å². The van der Waals surface area contributed by atoms with E-state index < -0.39 is 0 Å². The van der Waals surface area contributed by atoms with E-state index >= 15 is 0 Å². The zero-order valence-electron chi connectivity index (χ0n) is 17.3. The Balaban J connectivity index is 1.31. The first-order valence-corrected chi connectivity index (χ1v) is 11.6. The van der Waals surface area contributed by atoms with E-state index in [0.29, 0.717) is 42.3 Å². The van der Waals surface area contributed by atoms with Crippen LogP contribution in [0, 0.1) is 17.8 Å². The van der Waals surface area contributed by atoms with Crippen LogP contribution in [0.25, 0.3) is 0 Å². The van der Waals surface area contributed by atoms with Gasteiger partial charge in [0.25, 0.3) is 5.91 Å². The molecule has 0 spiro atoms. The van der Waals surface area contributed by atoms with Gasteiger partial charge in [0.05, 0.1) is 6.04 Å². The molecule has 4 fully saturated rings. The van der Waals surface area contributed by atoms with Crippen LogP contribution in [0.2, 0.25) is 0 Å². The van der Waals surface area contributed by atoms with E-state index in [1.54, 1.807) is 0 Å². The molecule has 2 bridgehead atoms. The lowest BCUT2D eigenvalue weighted by Crippen LogP contribution is -2.67. The molecule has 5 heteroatoms. The van der Waals surface area contributed by atoms with Crippen molar-refractivity contribution in [2.45, 2.75) is 57.0 Å². The predicted octanol–water partition coefficient (Wildman–Crippen LogP) is 2.92. The molecule has 2 amide bonds. The van der Waals surface area contributed by atoms with Crippen molar-refractivity contribution < 1.29 is 9.59 Å².